The number of aliphatic hydroxyl groups excluding tert-OH is 1. The van der Waals surface area contributed by atoms with Gasteiger partial charge in [0.15, 0.2) is 18.0 Å². The number of hydrogen-bond donors (Lipinski definition) is 1. The minimum atomic E-state index is -1.69. The SMILES string of the molecule is C[C@@H]1CC2C3CCC4=CC(=O)C=CC4(C)C3C(O)CC2(C)[C@@]1(OC(=O)CCCCCO[N+](=O)[O-])C(=O)COC(=O)CCCCCO[N+](=O)[O-]. The van der Waals surface area contributed by atoms with Gasteiger partial charge in [-0.2, -0.15) is 0 Å². The quantitative estimate of drug-likeness (QED) is 0.0912. The van der Waals surface area contributed by atoms with Crippen LogP contribution in [0, 0.1) is 54.7 Å². The standard InChI is InChI=1S/C34H48N2O13/c1-22-18-26-25-13-12-23-19-24(37)14-15-32(23,2)31(25)27(38)20-33(26,3)34(22,49-30(41)11-7-5-9-17-48-36(44)45)28(39)21-46-29(40)10-6-4-8-16-47-35(42)43/h14-15,19,22,25-27,31,38H,4-13,16-18,20-21H2,1-3H3/t22-,25?,26?,27?,31?,32?,33?,34+/m1/s1. The predicted molar refractivity (Wildman–Crippen MR) is 170 cm³/mol. The zero-order chi connectivity index (χ0) is 36.0. The van der Waals surface area contributed by atoms with Crippen molar-refractivity contribution in [3.05, 3.63) is 44.0 Å². The fourth-order valence-corrected chi connectivity index (χ4v) is 9.44. The number of rotatable bonds is 18. The van der Waals surface area contributed by atoms with Crippen molar-refractivity contribution in [2.75, 3.05) is 19.8 Å². The Kier molecular flexibility index (Phi) is 12.2. The zero-order valence-electron chi connectivity index (χ0n) is 28.5. The fraction of sp³-hybridized carbons (Fsp3) is 0.765. The van der Waals surface area contributed by atoms with Crippen LogP contribution in [-0.2, 0) is 38.3 Å². The number of aliphatic hydroxyl groups is 1. The van der Waals surface area contributed by atoms with Crippen LogP contribution < -0.4 is 0 Å². The van der Waals surface area contributed by atoms with Gasteiger partial charge in [0.2, 0.25) is 5.78 Å². The summed E-state index contributed by atoms with van der Waals surface area (Å²) in [7, 11) is 0. The summed E-state index contributed by atoms with van der Waals surface area (Å²) in [5.74, 6) is -2.70. The van der Waals surface area contributed by atoms with E-state index in [2.05, 4.69) is 9.68 Å². The van der Waals surface area contributed by atoms with E-state index in [1.54, 1.807) is 12.2 Å². The smallest absolute Gasteiger partial charge is 0.306 e. The van der Waals surface area contributed by atoms with E-state index in [0.29, 0.717) is 57.8 Å². The Morgan fingerprint density at radius 2 is 1.57 bits per heavy atom. The number of fused-ring (bicyclic) bond motifs is 5. The summed E-state index contributed by atoms with van der Waals surface area (Å²) in [5.41, 5.74) is -2.22. The fourth-order valence-electron chi connectivity index (χ4n) is 9.44. The Morgan fingerprint density at radius 3 is 2.18 bits per heavy atom. The van der Waals surface area contributed by atoms with Crippen LogP contribution in [0.5, 0.6) is 0 Å². The normalized spacial score (nSPS) is 32.9. The predicted octanol–water partition coefficient (Wildman–Crippen LogP) is 4.44. The maximum Gasteiger partial charge on any atom is 0.306 e. The third kappa shape index (κ3) is 7.97. The minimum Gasteiger partial charge on any atom is -0.457 e. The average Bonchev–Trinajstić information content (AvgIpc) is 3.25. The first-order chi connectivity index (χ1) is 23.2. The molecule has 0 aromatic rings. The van der Waals surface area contributed by atoms with Crippen LogP contribution in [0.3, 0.4) is 0 Å². The van der Waals surface area contributed by atoms with Crippen molar-refractivity contribution in [3.8, 4) is 0 Å². The maximum atomic E-state index is 14.4. The Morgan fingerprint density at radius 1 is 0.959 bits per heavy atom. The maximum absolute atomic E-state index is 14.4. The number of ketones is 2. The number of carbonyl (C=O) groups is 4. The first-order valence-corrected chi connectivity index (χ1v) is 17.2. The lowest BCUT2D eigenvalue weighted by Crippen LogP contribution is -2.64. The molecule has 49 heavy (non-hydrogen) atoms. The topological polar surface area (TPSA) is 212 Å². The second kappa shape index (κ2) is 15.8. The van der Waals surface area contributed by atoms with Crippen LogP contribution in [0.25, 0.3) is 0 Å². The van der Waals surface area contributed by atoms with Crippen LogP contribution in [0.15, 0.2) is 23.8 Å². The summed E-state index contributed by atoms with van der Waals surface area (Å²) in [6, 6.07) is 0. The van der Waals surface area contributed by atoms with Gasteiger partial charge >= 0.3 is 11.9 Å². The summed E-state index contributed by atoms with van der Waals surface area (Å²) in [5, 5.41) is 30.9. The molecular formula is C34H48N2O13. The molecule has 15 nitrogen and oxygen atoms in total. The lowest BCUT2D eigenvalue weighted by atomic mass is 9.46. The van der Waals surface area contributed by atoms with Gasteiger partial charge in [0.1, 0.15) is 0 Å². The van der Waals surface area contributed by atoms with Gasteiger partial charge in [0.25, 0.3) is 10.2 Å². The van der Waals surface area contributed by atoms with Gasteiger partial charge in [-0.05, 0) is 75.4 Å². The molecule has 0 radical (unpaired) electrons. The Labute approximate surface area is 284 Å². The Balaban J connectivity index is 1.52. The Bertz CT molecular complexity index is 1360. The lowest BCUT2D eigenvalue weighted by molar-refractivity contribution is -0.757. The summed E-state index contributed by atoms with van der Waals surface area (Å²) >= 11 is 0. The van der Waals surface area contributed by atoms with Gasteiger partial charge in [0.05, 0.1) is 19.3 Å². The van der Waals surface area contributed by atoms with Crippen LogP contribution in [0.4, 0.5) is 0 Å². The van der Waals surface area contributed by atoms with Gasteiger partial charge in [-0.1, -0.05) is 45.3 Å². The number of carbonyl (C=O) groups excluding carboxylic acids is 4. The molecule has 4 aliphatic carbocycles. The van der Waals surface area contributed by atoms with Crippen LogP contribution in [0.1, 0.15) is 97.8 Å². The minimum absolute atomic E-state index is 0.0128. The second-order valence-corrected chi connectivity index (χ2v) is 14.4. The molecule has 3 saturated carbocycles. The number of unbranched alkanes of at least 4 members (excludes halogenated alkanes) is 4. The third-order valence-corrected chi connectivity index (χ3v) is 11.5. The van der Waals surface area contributed by atoms with E-state index >= 15 is 0 Å². The van der Waals surface area contributed by atoms with E-state index in [0.717, 1.165) is 5.57 Å². The number of hydrogen-bond acceptors (Lipinski definition) is 13. The van der Waals surface area contributed by atoms with Gasteiger partial charge < -0.3 is 24.3 Å². The Hall–Kier alpha value is -3.88. The summed E-state index contributed by atoms with van der Waals surface area (Å²) < 4.78 is 11.7. The van der Waals surface area contributed by atoms with E-state index in [1.807, 2.05) is 26.8 Å². The molecule has 0 bridgehead atoms. The molecule has 3 fully saturated rings. The van der Waals surface area contributed by atoms with Gasteiger partial charge in [-0.15, -0.1) is 20.2 Å². The lowest BCUT2D eigenvalue weighted by Gasteiger charge is -2.60. The van der Waals surface area contributed by atoms with Crippen molar-refractivity contribution in [1.82, 2.24) is 0 Å². The number of ether oxygens (including phenoxy) is 2. The third-order valence-electron chi connectivity index (χ3n) is 11.5. The monoisotopic (exact) mass is 692 g/mol. The molecule has 15 heteroatoms. The first-order valence-electron chi connectivity index (χ1n) is 17.2. The van der Waals surface area contributed by atoms with E-state index in [9.17, 15) is 44.5 Å². The van der Waals surface area contributed by atoms with Crippen molar-refractivity contribution >= 4 is 23.5 Å². The highest BCUT2D eigenvalue weighted by atomic mass is 17.0. The highest BCUT2D eigenvalue weighted by Gasteiger charge is 2.73. The molecule has 6 unspecified atom stereocenters. The van der Waals surface area contributed by atoms with Crippen molar-refractivity contribution in [2.45, 2.75) is 110 Å². The van der Waals surface area contributed by atoms with Crippen LogP contribution in [0.2, 0.25) is 0 Å². The molecule has 0 spiro atoms. The molecule has 1 N–H and O–H groups in total. The average molecular weight is 693 g/mol. The van der Waals surface area contributed by atoms with Crippen LogP contribution >= 0.6 is 0 Å². The first kappa shape index (κ1) is 37.9. The number of esters is 2. The molecule has 0 saturated heterocycles. The molecule has 0 aliphatic heterocycles. The van der Waals surface area contributed by atoms with E-state index < -0.39 is 63.0 Å². The molecule has 0 amide bonds. The number of Topliss-reactive ketones (excluding diaryl/α,β-unsaturated/α-hetero) is 1. The highest BCUT2D eigenvalue weighted by Crippen LogP contribution is 2.69. The van der Waals surface area contributed by atoms with Gasteiger partial charge in [-0.25, -0.2) is 0 Å². The molecule has 272 valence electrons. The van der Waals surface area contributed by atoms with E-state index in [1.165, 1.54) is 0 Å². The van der Waals surface area contributed by atoms with Crippen molar-refractivity contribution in [2.24, 2.45) is 34.5 Å². The molecule has 4 aliphatic rings. The van der Waals surface area contributed by atoms with Crippen molar-refractivity contribution in [1.29, 1.82) is 0 Å². The van der Waals surface area contributed by atoms with Gasteiger partial charge in [-0.3, -0.25) is 19.2 Å². The zero-order valence-corrected chi connectivity index (χ0v) is 28.5. The van der Waals surface area contributed by atoms with Crippen molar-refractivity contribution < 1.29 is 53.6 Å². The molecule has 0 aromatic carbocycles. The molecule has 0 heterocycles. The van der Waals surface area contributed by atoms with Crippen LogP contribution in [-0.4, -0.2) is 70.3 Å². The summed E-state index contributed by atoms with van der Waals surface area (Å²) in [4.78, 5) is 82.0. The highest BCUT2D eigenvalue weighted by molar-refractivity contribution is 6.01. The van der Waals surface area contributed by atoms with E-state index in [-0.39, 0.29) is 56.0 Å². The summed E-state index contributed by atoms with van der Waals surface area (Å²) in [6.07, 6.45) is 8.65. The largest absolute Gasteiger partial charge is 0.457 e. The molecular weight excluding hydrogens is 644 g/mol. The van der Waals surface area contributed by atoms with E-state index in [4.69, 9.17) is 9.47 Å². The molecule has 4 rings (SSSR count). The number of nitrogens with zero attached hydrogens (tertiary/aromatic N) is 2. The molecule has 8 atom stereocenters. The number of allylic oxidation sites excluding steroid dienone is 4. The van der Waals surface area contributed by atoms with Gasteiger partial charge in [0, 0.05) is 35.5 Å². The van der Waals surface area contributed by atoms with Crippen molar-refractivity contribution in [3.63, 3.8) is 0 Å². The summed E-state index contributed by atoms with van der Waals surface area (Å²) in [6.45, 7) is 4.99. The second-order valence-electron chi connectivity index (χ2n) is 14.4. The molecule has 0 aromatic heterocycles.